The summed E-state index contributed by atoms with van der Waals surface area (Å²) < 4.78 is 16.2. The van der Waals surface area contributed by atoms with Gasteiger partial charge in [0.15, 0.2) is 0 Å². The van der Waals surface area contributed by atoms with E-state index < -0.39 is 0 Å². The Labute approximate surface area is 171 Å². The summed E-state index contributed by atoms with van der Waals surface area (Å²) in [5, 5.41) is 7.16. The van der Waals surface area contributed by atoms with Gasteiger partial charge in [-0.3, -0.25) is 9.69 Å². The van der Waals surface area contributed by atoms with Gasteiger partial charge in [0.2, 0.25) is 5.76 Å². The number of amides is 1. The molecule has 0 spiro atoms. The van der Waals surface area contributed by atoms with E-state index >= 15 is 0 Å². The van der Waals surface area contributed by atoms with Crippen LogP contribution in [0.15, 0.2) is 34.9 Å². The molecule has 1 N–H and O–H groups in total. The topological polar surface area (TPSA) is 76.8 Å². The monoisotopic (exact) mass is 399 g/mol. The molecule has 2 aliphatic heterocycles. The Kier molecular flexibility index (Phi) is 6.46. The summed E-state index contributed by atoms with van der Waals surface area (Å²) >= 11 is 0. The highest BCUT2D eigenvalue weighted by molar-refractivity contribution is 5.91. The molecule has 156 valence electrons. The van der Waals surface area contributed by atoms with Crippen LogP contribution in [-0.2, 0) is 11.3 Å². The van der Waals surface area contributed by atoms with Gasteiger partial charge < -0.3 is 19.3 Å². The lowest BCUT2D eigenvalue weighted by atomic mass is 9.93. The number of ether oxygens (including phenoxy) is 2. The molecule has 0 saturated carbocycles. The van der Waals surface area contributed by atoms with Crippen LogP contribution in [0.3, 0.4) is 0 Å². The number of hydrogen-bond acceptors (Lipinski definition) is 6. The Bertz CT molecular complexity index is 808. The molecule has 2 fully saturated rings. The zero-order valence-corrected chi connectivity index (χ0v) is 16.9. The molecule has 3 heterocycles. The van der Waals surface area contributed by atoms with Gasteiger partial charge in [0, 0.05) is 30.7 Å². The van der Waals surface area contributed by atoms with Crippen molar-refractivity contribution in [1.82, 2.24) is 15.4 Å². The van der Waals surface area contributed by atoms with Crippen LogP contribution in [0.4, 0.5) is 0 Å². The number of nitrogens with one attached hydrogen (secondary N) is 1. The van der Waals surface area contributed by atoms with Crippen molar-refractivity contribution in [3.63, 3.8) is 0 Å². The molecule has 0 aliphatic carbocycles. The number of benzene rings is 1. The van der Waals surface area contributed by atoms with Gasteiger partial charge >= 0.3 is 0 Å². The van der Waals surface area contributed by atoms with Crippen molar-refractivity contribution < 1.29 is 18.8 Å². The quantitative estimate of drug-likeness (QED) is 0.805. The third-order valence-corrected chi connectivity index (χ3v) is 5.84. The maximum atomic E-state index is 12.4. The molecule has 1 amide bonds. The largest absolute Gasteiger partial charge is 0.496 e. The molecule has 1 aromatic heterocycles. The lowest BCUT2D eigenvalue weighted by Gasteiger charge is -2.31. The van der Waals surface area contributed by atoms with Crippen molar-refractivity contribution >= 4 is 5.91 Å². The fourth-order valence-corrected chi connectivity index (χ4v) is 4.16. The fourth-order valence-electron chi connectivity index (χ4n) is 4.16. The molecule has 0 radical (unpaired) electrons. The molecule has 2 aliphatic rings. The Morgan fingerprint density at radius 3 is 2.86 bits per heavy atom. The first-order valence-electron chi connectivity index (χ1n) is 10.4. The first kappa shape index (κ1) is 19.9. The maximum absolute atomic E-state index is 12.4. The fraction of sp³-hybridized carbons (Fsp3) is 0.545. The van der Waals surface area contributed by atoms with E-state index in [1.54, 1.807) is 13.2 Å². The third-order valence-electron chi connectivity index (χ3n) is 5.84. The highest BCUT2D eigenvalue weighted by atomic mass is 16.5. The molecule has 29 heavy (non-hydrogen) atoms. The molecular weight excluding hydrogens is 370 g/mol. The third kappa shape index (κ3) is 4.97. The van der Waals surface area contributed by atoms with Gasteiger partial charge in [-0.2, -0.15) is 0 Å². The second-order valence-electron chi connectivity index (χ2n) is 7.87. The number of para-hydroxylation sites is 1. The zero-order valence-electron chi connectivity index (χ0n) is 16.9. The van der Waals surface area contributed by atoms with Gasteiger partial charge in [-0.05, 0) is 44.8 Å². The summed E-state index contributed by atoms with van der Waals surface area (Å²) in [7, 11) is 1.71. The molecular formula is C22H29N3O4. The Morgan fingerprint density at radius 1 is 1.28 bits per heavy atom. The number of rotatable bonds is 6. The second kappa shape index (κ2) is 9.41. The first-order valence-corrected chi connectivity index (χ1v) is 10.4. The van der Waals surface area contributed by atoms with E-state index in [0.717, 1.165) is 63.4 Å². The summed E-state index contributed by atoms with van der Waals surface area (Å²) in [4.78, 5) is 14.8. The zero-order chi connectivity index (χ0) is 20.1. The van der Waals surface area contributed by atoms with Gasteiger partial charge in [-0.15, -0.1) is 0 Å². The van der Waals surface area contributed by atoms with E-state index in [4.69, 9.17) is 14.0 Å². The standard InChI is InChI=1S/C22H29N3O4/c1-27-20-7-3-2-5-17(20)14-25-10-8-16(9-11-25)19-13-21(29-24-19)22(26)23-18-6-4-12-28-15-18/h2-3,5,7,13,16,18H,4,6,8-12,14-15H2,1H3,(H,23,26). The van der Waals surface area contributed by atoms with E-state index in [-0.39, 0.29) is 11.9 Å². The SMILES string of the molecule is COc1ccccc1CN1CCC(c2cc(C(=O)NC3CCCOC3)on2)CC1. The average Bonchev–Trinajstić information content (AvgIpc) is 3.26. The number of nitrogens with zero attached hydrogens (tertiary/aromatic N) is 2. The molecule has 1 atom stereocenters. The summed E-state index contributed by atoms with van der Waals surface area (Å²) in [5.41, 5.74) is 2.09. The number of piperidine rings is 1. The first-order chi connectivity index (χ1) is 14.2. The maximum Gasteiger partial charge on any atom is 0.290 e. The van der Waals surface area contributed by atoms with Gasteiger partial charge in [0.1, 0.15) is 5.75 Å². The number of aromatic nitrogens is 1. The molecule has 7 heteroatoms. The molecule has 2 saturated heterocycles. The van der Waals surface area contributed by atoms with Crippen LogP contribution in [-0.4, -0.2) is 55.4 Å². The van der Waals surface area contributed by atoms with Crippen molar-refractivity contribution in [1.29, 1.82) is 0 Å². The molecule has 1 aromatic carbocycles. The summed E-state index contributed by atoms with van der Waals surface area (Å²) in [6, 6.07) is 10.0. The van der Waals surface area contributed by atoms with E-state index in [2.05, 4.69) is 21.4 Å². The van der Waals surface area contributed by atoms with Crippen LogP contribution in [0.1, 0.15) is 53.4 Å². The molecule has 1 unspecified atom stereocenters. The van der Waals surface area contributed by atoms with Gasteiger partial charge in [0.25, 0.3) is 5.91 Å². The Balaban J connectivity index is 1.29. The predicted octanol–water partition coefficient (Wildman–Crippen LogP) is 2.97. The van der Waals surface area contributed by atoms with E-state index in [9.17, 15) is 4.79 Å². The second-order valence-corrected chi connectivity index (χ2v) is 7.87. The van der Waals surface area contributed by atoms with Crippen LogP contribution < -0.4 is 10.1 Å². The van der Waals surface area contributed by atoms with Crippen molar-refractivity contribution in [3.05, 3.63) is 47.3 Å². The van der Waals surface area contributed by atoms with Gasteiger partial charge in [-0.1, -0.05) is 23.4 Å². The minimum Gasteiger partial charge on any atom is -0.496 e. The normalized spacial score (nSPS) is 21.1. The number of hydrogen-bond donors (Lipinski definition) is 1. The number of carbonyl (C=O) groups is 1. The molecule has 4 rings (SSSR count). The van der Waals surface area contributed by atoms with Crippen LogP contribution in [0.2, 0.25) is 0 Å². The van der Waals surface area contributed by atoms with Crippen LogP contribution in [0, 0.1) is 0 Å². The smallest absolute Gasteiger partial charge is 0.290 e. The van der Waals surface area contributed by atoms with Crippen molar-refractivity contribution in [2.24, 2.45) is 0 Å². The van der Waals surface area contributed by atoms with Crippen LogP contribution >= 0.6 is 0 Å². The minimum absolute atomic E-state index is 0.0583. The van der Waals surface area contributed by atoms with Crippen molar-refractivity contribution in [2.45, 2.75) is 44.2 Å². The molecule has 2 aromatic rings. The summed E-state index contributed by atoms with van der Waals surface area (Å²) in [5.74, 6) is 1.35. The Hall–Kier alpha value is -2.38. The van der Waals surface area contributed by atoms with E-state index in [1.807, 2.05) is 18.2 Å². The van der Waals surface area contributed by atoms with Gasteiger partial charge in [0.05, 0.1) is 25.5 Å². The Morgan fingerprint density at radius 2 is 2.10 bits per heavy atom. The van der Waals surface area contributed by atoms with Crippen LogP contribution in [0.5, 0.6) is 5.75 Å². The number of carbonyl (C=O) groups excluding carboxylic acids is 1. The predicted molar refractivity (Wildman–Crippen MR) is 108 cm³/mol. The highest BCUT2D eigenvalue weighted by Gasteiger charge is 2.26. The summed E-state index contributed by atoms with van der Waals surface area (Å²) in [6.45, 7) is 4.19. The summed E-state index contributed by atoms with van der Waals surface area (Å²) in [6.07, 6.45) is 3.91. The molecule has 7 nitrogen and oxygen atoms in total. The van der Waals surface area contributed by atoms with Gasteiger partial charge in [-0.25, -0.2) is 0 Å². The van der Waals surface area contributed by atoms with Crippen molar-refractivity contribution in [3.8, 4) is 5.75 Å². The van der Waals surface area contributed by atoms with Crippen LogP contribution in [0.25, 0.3) is 0 Å². The number of methoxy groups -OCH3 is 1. The van der Waals surface area contributed by atoms with E-state index in [1.165, 1.54) is 5.56 Å². The highest BCUT2D eigenvalue weighted by Crippen LogP contribution is 2.29. The van der Waals surface area contributed by atoms with Crippen molar-refractivity contribution in [2.75, 3.05) is 33.4 Å². The average molecular weight is 399 g/mol. The lowest BCUT2D eigenvalue weighted by Crippen LogP contribution is -2.40. The number of likely N-dealkylation sites (tertiary alicyclic amines) is 1. The lowest BCUT2D eigenvalue weighted by molar-refractivity contribution is 0.0608. The minimum atomic E-state index is -0.201. The molecule has 0 bridgehead atoms. The van der Waals surface area contributed by atoms with E-state index in [0.29, 0.717) is 18.3 Å².